The van der Waals surface area contributed by atoms with E-state index in [2.05, 4.69) is 27.1 Å². The molecule has 1 heterocycles. The standard InChI is InChI=1S/C12H19BrN2/c1-15-11(8-9-14-15)7-6-10-4-2-3-5-12(10)13/h8-10,12H,2-7H2,1H3. The molecule has 2 atom stereocenters. The minimum absolute atomic E-state index is 0.750. The fraction of sp³-hybridized carbons (Fsp3) is 0.750. The van der Waals surface area contributed by atoms with Crippen LogP contribution >= 0.6 is 15.9 Å². The number of hydrogen-bond donors (Lipinski definition) is 0. The van der Waals surface area contributed by atoms with E-state index in [0.717, 1.165) is 10.7 Å². The number of hydrogen-bond acceptors (Lipinski definition) is 1. The zero-order chi connectivity index (χ0) is 10.7. The van der Waals surface area contributed by atoms with Gasteiger partial charge in [-0.1, -0.05) is 28.8 Å². The molecule has 84 valence electrons. The molecule has 0 aliphatic heterocycles. The van der Waals surface area contributed by atoms with Gasteiger partial charge in [-0.15, -0.1) is 0 Å². The zero-order valence-corrected chi connectivity index (χ0v) is 10.9. The summed E-state index contributed by atoms with van der Waals surface area (Å²) in [5.74, 6) is 0.869. The molecule has 1 fully saturated rings. The smallest absolute Gasteiger partial charge is 0.0492 e. The predicted molar refractivity (Wildman–Crippen MR) is 66.2 cm³/mol. The Bertz CT molecular complexity index is 308. The lowest BCUT2D eigenvalue weighted by Gasteiger charge is -2.27. The van der Waals surface area contributed by atoms with Crippen LogP contribution in [0.15, 0.2) is 12.3 Å². The summed E-state index contributed by atoms with van der Waals surface area (Å²) in [5, 5.41) is 4.20. The van der Waals surface area contributed by atoms with Crippen molar-refractivity contribution in [3.05, 3.63) is 18.0 Å². The summed E-state index contributed by atoms with van der Waals surface area (Å²) in [6.07, 6.45) is 9.93. The van der Waals surface area contributed by atoms with Gasteiger partial charge in [0.2, 0.25) is 0 Å². The van der Waals surface area contributed by atoms with Crippen LogP contribution in [-0.2, 0) is 13.5 Å². The highest BCUT2D eigenvalue weighted by atomic mass is 79.9. The van der Waals surface area contributed by atoms with Gasteiger partial charge in [0.15, 0.2) is 0 Å². The van der Waals surface area contributed by atoms with Gasteiger partial charge in [0, 0.05) is 23.8 Å². The lowest BCUT2D eigenvalue weighted by Crippen LogP contribution is -2.20. The van der Waals surface area contributed by atoms with Gasteiger partial charge in [-0.2, -0.15) is 5.10 Å². The zero-order valence-electron chi connectivity index (χ0n) is 9.32. The van der Waals surface area contributed by atoms with Gasteiger partial charge in [0.25, 0.3) is 0 Å². The maximum atomic E-state index is 4.20. The monoisotopic (exact) mass is 270 g/mol. The van der Waals surface area contributed by atoms with E-state index in [0.29, 0.717) is 0 Å². The molecule has 0 saturated heterocycles. The molecule has 0 N–H and O–H groups in total. The Kier molecular flexibility index (Phi) is 3.84. The Morgan fingerprint density at radius 3 is 2.93 bits per heavy atom. The molecule has 0 amide bonds. The summed E-state index contributed by atoms with van der Waals surface area (Å²) in [6, 6.07) is 2.13. The van der Waals surface area contributed by atoms with Crippen molar-refractivity contribution in [2.45, 2.75) is 43.4 Å². The highest BCUT2D eigenvalue weighted by Gasteiger charge is 2.22. The third kappa shape index (κ3) is 2.83. The Hall–Kier alpha value is -0.310. The molecule has 0 radical (unpaired) electrons. The van der Waals surface area contributed by atoms with Crippen LogP contribution in [0.2, 0.25) is 0 Å². The maximum Gasteiger partial charge on any atom is 0.0492 e. The van der Waals surface area contributed by atoms with Gasteiger partial charge in [0.05, 0.1) is 0 Å². The van der Waals surface area contributed by atoms with E-state index in [4.69, 9.17) is 0 Å². The SMILES string of the molecule is Cn1nccc1CCC1CCCCC1Br. The van der Waals surface area contributed by atoms with E-state index < -0.39 is 0 Å². The average Bonchev–Trinajstić information content (AvgIpc) is 2.63. The van der Waals surface area contributed by atoms with Crippen molar-refractivity contribution in [1.29, 1.82) is 0 Å². The molecule has 1 saturated carbocycles. The number of aromatic nitrogens is 2. The molecular weight excluding hydrogens is 252 g/mol. The number of aryl methyl sites for hydroxylation is 2. The molecular formula is C12H19BrN2. The molecule has 1 aliphatic carbocycles. The lowest BCUT2D eigenvalue weighted by molar-refractivity contribution is 0.352. The fourth-order valence-corrected chi connectivity index (χ4v) is 3.32. The number of nitrogens with zero attached hydrogens (tertiary/aromatic N) is 2. The highest BCUT2D eigenvalue weighted by molar-refractivity contribution is 9.09. The normalized spacial score (nSPS) is 26.8. The Balaban J connectivity index is 1.84. The number of alkyl halides is 1. The minimum atomic E-state index is 0.750. The first kappa shape index (κ1) is 11.2. The summed E-state index contributed by atoms with van der Waals surface area (Å²) < 4.78 is 1.99. The van der Waals surface area contributed by atoms with Gasteiger partial charge >= 0.3 is 0 Å². The molecule has 2 rings (SSSR count). The molecule has 1 aromatic heterocycles. The van der Waals surface area contributed by atoms with Crippen molar-refractivity contribution in [2.24, 2.45) is 13.0 Å². The van der Waals surface area contributed by atoms with Crippen LogP contribution in [0.25, 0.3) is 0 Å². The fourth-order valence-electron chi connectivity index (χ4n) is 2.47. The van der Waals surface area contributed by atoms with Crippen LogP contribution in [-0.4, -0.2) is 14.6 Å². The van der Waals surface area contributed by atoms with E-state index in [9.17, 15) is 0 Å². The number of halogens is 1. The number of rotatable bonds is 3. The van der Waals surface area contributed by atoms with Crippen LogP contribution < -0.4 is 0 Å². The molecule has 0 bridgehead atoms. The summed E-state index contributed by atoms with van der Waals surface area (Å²) in [6.45, 7) is 0. The third-order valence-corrected chi connectivity index (χ3v) is 4.72. The first-order valence-electron chi connectivity index (χ1n) is 5.88. The van der Waals surface area contributed by atoms with Crippen molar-refractivity contribution < 1.29 is 0 Å². The molecule has 15 heavy (non-hydrogen) atoms. The van der Waals surface area contributed by atoms with Gasteiger partial charge in [0.1, 0.15) is 0 Å². The second-order valence-electron chi connectivity index (χ2n) is 4.55. The van der Waals surface area contributed by atoms with Crippen molar-refractivity contribution in [2.75, 3.05) is 0 Å². The molecule has 3 heteroatoms. The highest BCUT2D eigenvalue weighted by Crippen LogP contribution is 2.32. The van der Waals surface area contributed by atoms with E-state index >= 15 is 0 Å². The van der Waals surface area contributed by atoms with Crippen molar-refractivity contribution >= 4 is 15.9 Å². The first-order valence-corrected chi connectivity index (χ1v) is 6.80. The molecule has 1 aromatic rings. The van der Waals surface area contributed by atoms with Crippen LogP contribution in [0.3, 0.4) is 0 Å². The molecule has 0 aromatic carbocycles. The van der Waals surface area contributed by atoms with Crippen molar-refractivity contribution in [3.63, 3.8) is 0 Å². The van der Waals surface area contributed by atoms with Gasteiger partial charge in [-0.05, 0) is 37.7 Å². The van der Waals surface area contributed by atoms with E-state index in [1.165, 1.54) is 44.2 Å². The van der Waals surface area contributed by atoms with E-state index in [-0.39, 0.29) is 0 Å². The minimum Gasteiger partial charge on any atom is -0.273 e. The average molecular weight is 271 g/mol. The third-order valence-electron chi connectivity index (χ3n) is 3.51. The van der Waals surface area contributed by atoms with Gasteiger partial charge in [-0.25, -0.2) is 0 Å². The Labute approximate surface area is 100 Å². The summed E-state index contributed by atoms with van der Waals surface area (Å²) in [4.78, 5) is 0.750. The first-order chi connectivity index (χ1) is 7.27. The topological polar surface area (TPSA) is 17.8 Å². The van der Waals surface area contributed by atoms with Crippen LogP contribution in [0.1, 0.15) is 37.8 Å². The van der Waals surface area contributed by atoms with Crippen LogP contribution in [0.4, 0.5) is 0 Å². The summed E-state index contributed by atoms with van der Waals surface area (Å²) >= 11 is 3.82. The van der Waals surface area contributed by atoms with Gasteiger partial charge in [-0.3, -0.25) is 4.68 Å². The molecule has 2 unspecified atom stereocenters. The van der Waals surface area contributed by atoms with E-state index in [1.54, 1.807) is 0 Å². The second-order valence-corrected chi connectivity index (χ2v) is 5.72. The van der Waals surface area contributed by atoms with Crippen molar-refractivity contribution in [3.8, 4) is 0 Å². The predicted octanol–water partition coefficient (Wildman–Crippen LogP) is 3.31. The molecule has 1 aliphatic rings. The quantitative estimate of drug-likeness (QED) is 0.771. The Morgan fingerprint density at radius 1 is 1.47 bits per heavy atom. The lowest BCUT2D eigenvalue weighted by atomic mass is 9.85. The van der Waals surface area contributed by atoms with Gasteiger partial charge < -0.3 is 0 Å². The Morgan fingerprint density at radius 2 is 2.27 bits per heavy atom. The van der Waals surface area contributed by atoms with Crippen LogP contribution in [0.5, 0.6) is 0 Å². The largest absolute Gasteiger partial charge is 0.273 e. The maximum absolute atomic E-state index is 4.20. The molecule has 2 nitrogen and oxygen atoms in total. The molecule has 0 spiro atoms. The van der Waals surface area contributed by atoms with Crippen LogP contribution in [0, 0.1) is 5.92 Å². The summed E-state index contributed by atoms with van der Waals surface area (Å²) in [5.41, 5.74) is 1.36. The van der Waals surface area contributed by atoms with E-state index in [1.807, 2.05) is 17.9 Å². The summed E-state index contributed by atoms with van der Waals surface area (Å²) in [7, 11) is 2.03. The van der Waals surface area contributed by atoms with Crippen molar-refractivity contribution in [1.82, 2.24) is 9.78 Å². The second kappa shape index (κ2) is 5.15.